The predicted octanol–water partition coefficient (Wildman–Crippen LogP) is 8.74. The predicted molar refractivity (Wildman–Crippen MR) is 147 cm³/mol. The van der Waals surface area contributed by atoms with Crippen LogP contribution in [0.15, 0.2) is 106 Å². The quantitative estimate of drug-likeness (QED) is 0.176. The average Bonchev–Trinajstić information content (AvgIpc) is 3.51. The van der Waals surface area contributed by atoms with Gasteiger partial charge in [-0.05, 0) is 108 Å². The molecule has 0 N–H and O–H groups in total. The third-order valence-electron chi connectivity index (χ3n) is 5.57. The fourth-order valence-corrected chi connectivity index (χ4v) is 3.72. The molecule has 0 amide bonds. The van der Waals surface area contributed by atoms with Crippen molar-refractivity contribution in [3.05, 3.63) is 129 Å². The van der Waals surface area contributed by atoms with E-state index >= 15 is 0 Å². The Balaban J connectivity index is 0.000000179. The number of halogens is 2. The molecule has 0 bridgehead atoms. The van der Waals surface area contributed by atoms with Crippen LogP contribution in [0.25, 0.3) is 11.1 Å². The minimum absolute atomic E-state index is 0.228. The van der Waals surface area contributed by atoms with E-state index in [2.05, 4.69) is 22.6 Å². The number of hydrogen-bond acceptors (Lipinski definition) is 4. The van der Waals surface area contributed by atoms with E-state index in [1.807, 2.05) is 74.5 Å². The molecule has 4 nitrogen and oxygen atoms in total. The van der Waals surface area contributed by atoms with E-state index in [1.165, 1.54) is 15.7 Å². The average molecular weight is 596 g/mol. The SMILES string of the molecule is Cc1occc1COc1ccc(-c2ccc(F)cc2)cc1.Cc1occc1COc1ccc(I)cc1. The summed E-state index contributed by atoms with van der Waals surface area (Å²) in [5.74, 6) is 3.24. The Bertz CT molecular complexity index is 1350. The van der Waals surface area contributed by atoms with Gasteiger partial charge in [-0.25, -0.2) is 4.39 Å². The zero-order valence-electron chi connectivity index (χ0n) is 20.0. The molecule has 0 spiro atoms. The van der Waals surface area contributed by atoms with E-state index in [-0.39, 0.29) is 5.82 Å². The van der Waals surface area contributed by atoms with Gasteiger partial charge in [0.1, 0.15) is 42.1 Å². The molecule has 0 radical (unpaired) electrons. The number of furan rings is 2. The molecule has 6 heteroatoms. The Kier molecular flexibility index (Phi) is 8.84. The second kappa shape index (κ2) is 12.4. The van der Waals surface area contributed by atoms with Crippen LogP contribution in [0.5, 0.6) is 11.5 Å². The van der Waals surface area contributed by atoms with Crippen LogP contribution in [0.3, 0.4) is 0 Å². The number of rotatable bonds is 7. The second-order valence-corrected chi connectivity index (χ2v) is 9.31. The van der Waals surface area contributed by atoms with Gasteiger partial charge in [-0.1, -0.05) is 24.3 Å². The van der Waals surface area contributed by atoms with Gasteiger partial charge >= 0.3 is 0 Å². The summed E-state index contributed by atoms with van der Waals surface area (Å²) in [7, 11) is 0. The normalized spacial score (nSPS) is 10.4. The second-order valence-electron chi connectivity index (χ2n) is 8.07. The maximum atomic E-state index is 12.9. The standard InChI is InChI=1S/C18H15FO2.C12H11IO2/c1-13-16(10-11-20-13)12-21-18-8-4-15(5-9-18)14-2-6-17(19)7-3-14;1-9-10(6-7-14-9)8-15-12-4-2-11(13)3-5-12/h2-11H,12H2,1H3;2-7H,8H2,1H3. The maximum absolute atomic E-state index is 12.9. The highest BCUT2D eigenvalue weighted by Gasteiger charge is 2.04. The molecule has 36 heavy (non-hydrogen) atoms. The summed E-state index contributed by atoms with van der Waals surface area (Å²) >= 11 is 2.27. The minimum Gasteiger partial charge on any atom is -0.489 e. The molecule has 0 saturated heterocycles. The Morgan fingerprint density at radius 1 is 0.611 bits per heavy atom. The highest BCUT2D eigenvalue weighted by atomic mass is 127. The largest absolute Gasteiger partial charge is 0.489 e. The van der Waals surface area contributed by atoms with Crippen LogP contribution >= 0.6 is 22.6 Å². The van der Waals surface area contributed by atoms with Gasteiger partial charge in [0.05, 0.1) is 12.5 Å². The van der Waals surface area contributed by atoms with Gasteiger partial charge in [0.2, 0.25) is 0 Å². The van der Waals surface area contributed by atoms with E-state index in [9.17, 15) is 4.39 Å². The summed E-state index contributed by atoms with van der Waals surface area (Å²) in [5.41, 5.74) is 4.14. The van der Waals surface area contributed by atoms with Crippen LogP contribution in [-0.4, -0.2) is 0 Å². The van der Waals surface area contributed by atoms with Crippen molar-refractivity contribution in [1.29, 1.82) is 0 Å². The molecule has 2 heterocycles. The molecule has 0 unspecified atom stereocenters. The number of ether oxygens (including phenoxy) is 2. The van der Waals surface area contributed by atoms with Crippen molar-refractivity contribution in [2.24, 2.45) is 0 Å². The molecule has 0 aliphatic rings. The molecule has 0 aliphatic carbocycles. The first kappa shape index (κ1) is 25.6. The molecule has 5 rings (SSSR count). The lowest BCUT2D eigenvalue weighted by Gasteiger charge is -2.07. The third-order valence-corrected chi connectivity index (χ3v) is 6.29. The summed E-state index contributed by atoms with van der Waals surface area (Å²) < 4.78 is 35.9. The fourth-order valence-electron chi connectivity index (χ4n) is 3.36. The maximum Gasteiger partial charge on any atom is 0.123 e. The summed E-state index contributed by atoms with van der Waals surface area (Å²) in [6.45, 7) is 4.89. The zero-order chi connectivity index (χ0) is 25.3. The van der Waals surface area contributed by atoms with E-state index in [1.54, 1.807) is 24.7 Å². The fraction of sp³-hybridized carbons (Fsp3) is 0.133. The molecule has 0 fully saturated rings. The number of hydrogen-bond donors (Lipinski definition) is 0. The van der Waals surface area contributed by atoms with Crippen LogP contribution in [0.2, 0.25) is 0 Å². The van der Waals surface area contributed by atoms with Crippen LogP contribution in [0, 0.1) is 23.2 Å². The molecule has 184 valence electrons. The number of aryl methyl sites for hydroxylation is 2. The highest BCUT2D eigenvalue weighted by Crippen LogP contribution is 2.23. The summed E-state index contributed by atoms with van der Waals surface area (Å²) in [6, 6.07) is 26.0. The van der Waals surface area contributed by atoms with Crippen LogP contribution in [0.4, 0.5) is 4.39 Å². The number of benzene rings is 3. The van der Waals surface area contributed by atoms with Gasteiger partial charge in [0.25, 0.3) is 0 Å². The molecule has 0 saturated carbocycles. The van der Waals surface area contributed by atoms with Gasteiger partial charge < -0.3 is 18.3 Å². The molecule has 2 aromatic heterocycles. The minimum atomic E-state index is -0.228. The van der Waals surface area contributed by atoms with Crippen molar-refractivity contribution in [2.45, 2.75) is 27.1 Å². The van der Waals surface area contributed by atoms with Crippen molar-refractivity contribution in [3.8, 4) is 22.6 Å². The van der Waals surface area contributed by atoms with Crippen molar-refractivity contribution in [3.63, 3.8) is 0 Å². The van der Waals surface area contributed by atoms with Gasteiger partial charge in [0, 0.05) is 14.7 Å². The van der Waals surface area contributed by atoms with E-state index in [4.69, 9.17) is 18.3 Å². The van der Waals surface area contributed by atoms with E-state index < -0.39 is 0 Å². The van der Waals surface area contributed by atoms with Crippen molar-refractivity contribution < 1.29 is 22.7 Å². The Hall–Kier alpha value is -3.52. The first-order valence-corrected chi connectivity index (χ1v) is 12.5. The molecule has 3 aromatic carbocycles. The van der Waals surface area contributed by atoms with Gasteiger partial charge in [-0.15, -0.1) is 0 Å². The third kappa shape index (κ3) is 7.24. The van der Waals surface area contributed by atoms with Gasteiger partial charge in [0.15, 0.2) is 0 Å². The summed E-state index contributed by atoms with van der Waals surface area (Å²) in [5, 5.41) is 0. The molecule has 0 aliphatic heterocycles. The van der Waals surface area contributed by atoms with Crippen LogP contribution < -0.4 is 9.47 Å². The Morgan fingerprint density at radius 2 is 1.03 bits per heavy atom. The summed E-state index contributed by atoms with van der Waals surface area (Å²) in [6.07, 6.45) is 3.34. The van der Waals surface area contributed by atoms with Crippen LogP contribution in [-0.2, 0) is 13.2 Å². The Morgan fingerprint density at radius 3 is 1.44 bits per heavy atom. The van der Waals surface area contributed by atoms with Crippen LogP contribution in [0.1, 0.15) is 22.6 Å². The highest BCUT2D eigenvalue weighted by molar-refractivity contribution is 14.1. The molecular formula is C30H26FIO4. The van der Waals surface area contributed by atoms with Gasteiger partial charge in [-0.2, -0.15) is 0 Å². The van der Waals surface area contributed by atoms with E-state index in [0.29, 0.717) is 13.2 Å². The lowest BCUT2D eigenvalue weighted by atomic mass is 10.1. The molecule has 5 aromatic rings. The monoisotopic (exact) mass is 596 g/mol. The van der Waals surface area contributed by atoms with Crippen molar-refractivity contribution in [1.82, 2.24) is 0 Å². The zero-order valence-corrected chi connectivity index (χ0v) is 22.2. The Labute approximate surface area is 223 Å². The van der Waals surface area contributed by atoms with E-state index in [0.717, 1.165) is 45.3 Å². The van der Waals surface area contributed by atoms with Crippen molar-refractivity contribution >= 4 is 22.6 Å². The topological polar surface area (TPSA) is 44.7 Å². The first-order valence-electron chi connectivity index (χ1n) is 11.4. The lowest BCUT2D eigenvalue weighted by Crippen LogP contribution is -1.95. The lowest BCUT2D eigenvalue weighted by molar-refractivity contribution is 0.303. The summed E-state index contributed by atoms with van der Waals surface area (Å²) in [4.78, 5) is 0. The van der Waals surface area contributed by atoms with Gasteiger partial charge in [-0.3, -0.25) is 0 Å². The first-order chi connectivity index (χ1) is 17.5. The molecule has 0 atom stereocenters. The smallest absolute Gasteiger partial charge is 0.123 e. The van der Waals surface area contributed by atoms with Crippen molar-refractivity contribution in [2.75, 3.05) is 0 Å². The molecular weight excluding hydrogens is 570 g/mol.